The monoisotopic (exact) mass is 565 g/mol. The molecule has 0 saturated carbocycles. The maximum Gasteiger partial charge on any atom is 0.164 e. The van der Waals surface area contributed by atoms with E-state index in [4.69, 9.17) is 23.8 Å². The number of nitrogens with zero attached hydrogens (tertiary/aromatic N) is 3. The Balaban J connectivity index is 1.24. The van der Waals surface area contributed by atoms with E-state index in [0.717, 1.165) is 71.7 Å². The molecule has 206 valence electrons. The minimum absolute atomic E-state index is 0.607. The summed E-state index contributed by atoms with van der Waals surface area (Å²) in [5, 5.41) is 4.27. The Hall–Kier alpha value is -6.07. The number of fused-ring (bicyclic) bond motifs is 6. The van der Waals surface area contributed by atoms with E-state index in [1.807, 2.05) is 103 Å². The lowest BCUT2D eigenvalue weighted by atomic mass is 9.97. The van der Waals surface area contributed by atoms with Crippen molar-refractivity contribution in [2.24, 2.45) is 0 Å². The van der Waals surface area contributed by atoms with Crippen LogP contribution in [0.3, 0.4) is 0 Å². The molecular weight excluding hydrogens is 542 g/mol. The lowest BCUT2D eigenvalue weighted by molar-refractivity contribution is 0.668. The molecule has 0 atom stereocenters. The Kier molecular flexibility index (Phi) is 5.43. The first kappa shape index (κ1) is 24.5. The summed E-state index contributed by atoms with van der Waals surface area (Å²) < 4.78 is 12.6. The van der Waals surface area contributed by atoms with Crippen molar-refractivity contribution < 1.29 is 8.83 Å². The summed E-state index contributed by atoms with van der Waals surface area (Å²) in [6.45, 7) is 0. The average Bonchev–Trinajstić information content (AvgIpc) is 3.66. The number of para-hydroxylation sites is 1. The highest BCUT2D eigenvalue weighted by Crippen LogP contribution is 2.40. The normalized spacial score (nSPS) is 11.6. The molecule has 9 rings (SSSR count). The highest BCUT2D eigenvalue weighted by atomic mass is 16.3. The number of furan rings is 2. The summed E-state index contributed by atoms with van der Waals surface area (Å²) in [6, 6.07) is 47.0. The smallest absolute Gasteiger partial charge is 0.164 e. The summed E-state index contributed by atoms with van der Waals surface area (Å²) in [5.41, 5.74) is 8.28. The second kappa shape index (κ2) is 9.75. The largest absolute Gasteiger partial charge is 0.456 e. The van der Waals surface area contributed by atoms with E-state index in [1.165, 1.54) is 0 Å². The van der Waals surface area contributed by atoms with Crippen LogP contribution in [0.25, 0.3) is 89.2 Å². The fraction of sp³-hybridized carbons (Fsp3) is 0. The van der Waals surface area contributed by atoms with Crippen molar-refractivity contribution in [2.75, 3.05) is 0 Å². The van der Waals surface area contributed by atoms with Crippen molar-refractivity contribution in [2.45, 2.75) is 0 Å². The van der Waals surface area contributed by atoms with Crippen LogP contribution in [0.2, 0.25) is 0 Å². The number of rotatable bonds is 4. The van der Waals surface area contributed by atoms with Gasteiger partial charge in [0.2, 0.25) is 0 Å². The first-order chi connectivity index (χ1) is 21.8. The van der Waals surface area contributed by atoms with E-state index >= 15 is 0 Å². The molecule has 3 heterocycles. The molecule has 0 aliphatic heterocycles. The van der Waals surface area contributed by atoms with Crippen LogP contribution in [0, 0.1) is 0 Å². The van der Waals surface area contributed by atoms with Gasteiger partial charge in [-0.2, -0.15) is 0 Å². The molecule has 5 heteroatoms. The summed E-state index contributed by atoms with van der Waals surface area (Å²) in [5.74, 6) is 1.87. The molecule has 0 saturated heterocycles. The van der Waals surface area contributed by atoms with E-state index in [0.29, 0.717) is 17.5 Å². The Morgan fingerprint density at radius 3 is 1.66 bits per heavy atom. The number of benzene rings is 6. The van der Waals surface area contributed by atoms with Crippen molar-refractivity contribution in [3.05, 3.63) is 140 Å². The zero-order valence-electron chi connectivity index (χ0n) is 23.4. The fourth-order valence-electron chi connectivity index (χ4n) is 6.04. The molecule has 3 aromatic heterocycles. The van der Waals surface area contributed by atoms with Crippen LogP contribution in [0.4, 0.5) is 0 Å². The third-order valence-electron chi connectivity index (χ3n) is 8.14. The molecule has 0 bridgehead atoms. The summed E-state index contributed by atoms with van der Waals surface area (Å²) in [7, 11) is 0. The van der Waals surface area contributed by atoms with Crippen molar-refractivity contribution in [1.82, 2.24) is 15.0 Å². The Morgan fingerprint density at radius 2 is 0.909 bits per heavy atom. The molecule has 0 spiro atoms. The van der Waals surface area contributed by atoms with E-state index < -0.39 is 0 Å². The molecule has 0 amide bonds. The van der Waals surface area contributed by atoms with Crippen molar-refractivity contribution >= 4 is 43.9 Å². The third kappa shape index (κ3) is 3.98. The van der Waals surface area contributed by atoms with Gasteiger partial charge in [0, 0.05) is 38.2 Å². The van der Waals surface area contributed by atoms with Crippen LogP contribution >= 0.6 is 0 Å². The zero-order chi connectivity index (χ0) is 29.0. The van der Waals surface area contributed by atoms with Gasteiger partial charge in [-0.05, 0) is 53.6 Å². The fourth-order valence-corrected chi connectivity index (χ4v) is 6.04. The van der Waals surface area contributed by atoms with Gasteiger partial charge >= 0.3 is 0 Å². The van der Waals surface area contributed by atoms with Gasteiger partial charge in [0.25, 0.3) is 0 Å². The maximum absolute atomic E-state index is 6.35. The Labute approximate surface area is 252 Å². The quantitative estimate of drug-likeness (QED) is 0.212. The number of hydrogen-bond donors (Lipinski definition) is 0. The van der Waals surface area contributed by atoms with Crippen LogP contribution in [-0.2, 0) is 0 Å². The second-order valence-corrected chi connectivity index (χ2v) is 10.8. The van der Waals surface area contributed by atoms with E-state index in [2.05, 4.69) is 36.4 Å². The maximum atomic E-state index is 6.35. The van der Waals surface area contributed by atoms with Crippen molar-refractivity contribution in [3.8, 4) is 45.3 Å². The van der Waals surface area contributed by atoms with Gasteiger partial charge < -0.3 is 8.83 Å². The molecule has 5 nitrogen and oxygen atoms in total. The molecule has 0 fully saturated rings. The number of hydrogen-bond acceptors (Lipinski definition) is 5. The van der Waals surface area contributed by atoms with E-state index in [-0.39, 0.29) is 0 Å². The Morgan fingerprint density at radius 1 is 0.341 bits per heavy atom. The molecule has 0 aliphatic rings. The highest BCUT2D eigenvalue weighted by Gasteiger charge is 2.17. The van der Waals surface area contributed by atoms with Crippen LogP contribution < -0.4 is 0 Å². The predicted molar refractivity (Wildman–Crippen MR) is 176 cm³/mol. The van der Waals surface area contributed by atoms with Crippen LogP contribution in [0.1, 0.15) is 0 Å². The molecule has 9 aromatic rings. The van der Waals surface area contributed by atoms with Gasteiger partial charge in [0.1, 0.15) is 22.3 Å². The topological polar surface area (TPSA) is 65.0 Å². The molecule has 0 N–H and O–H groups in total. The molecule has 0 radical (unpaired) electrons. The van der Waals surface area contributed by atoms with Crippen LogP contribution in [0.15, 0.2) is 148 Å². The molecule has 44 heavy (non-hydrogen) atoms. The van der Waals surface area contributed by atoms with Crippen LogP contribution in [-0.4, -0.2) is 15.0 Å². The highest BCUT2D eigenvalue weighted by molar-refractivity contribution is 6.14. The summed E-state index contributed by atoms with van der Waals surface area (Å²) in [6.07, 6.45) is 0. The first-order valence-electron chi connectivity index (χ1n) is 14.5. The zero-order valence-corrected chi connectivity index (χ0v) is 23.4. The van der Waals surface area contributed by atoms with Crippen LogP contribution in [0.5, 0.6) is 0 Å². The summed E-state index contributed by atoms with van der Waals surface area (Å²) >= 11 is 0. The standard InChI is InChI=1S/C39H23N3O2/c1-3-10-24(11-4-1)37-40-38(25-12-5-2-6-13-25)42-39(41-37)27-19-21-33-31(22-27)36-28(15-9-17-34(36)43-33)26-18-20-30-29-14-7-8-16-32(29)44-35(30)23-26/h1-23H. The minimum atomic E-state index is 0.607. The lowest BCUT2D eigenvalue weighted by Gasteiger charge is -2.08. The number of aromatic nitrogens is 3. The SMILES string of the molecule is c1ccc(-c2nc(-c3ccccc3)nc(-c3ccc4oc5cccc(-c6ccc7c(c6)oc6ccccc67)c5c4c3)n2)cc1. The summed E-state index contributed by atoms with van der Waals surface area (Å²) in [4.78, 5) is 14.7. The van der Waals surface area contributed by atoms with Gasteiger partial charge in [-0.1, -0.05) is 97.1 Å². The van der Waals surface area contributed by atoms with E-state index in [9.17, 15) is 0 Å². The van der Waals surface area contributed by atoms with Gasteiger partial charge in [-0.25, -0.2) is 15.0 Å². The predicted octanol–water partition coefficient (Wildman–Crippen LogP) is 10.3. The van der Waals surface area contributed by atoms with E-state index in [1.54, 1.807) is 0 Å². The average molecular weight is 566 g/mol. The van der Waals surface area contributed by atoms with Gasteiger partial charge in [0.15, 0.2) is 17.5 Å². The second-order valence-electron chi connectivity index (χ2n) is 10.8. The molecule has 0 aliphatic carbocycles. The van der Waals surface area contributed by atoms with Crippen molar-refractivity contribution in [1.29, 1.82) is 0 Å². The molecule has 0 unspecified atom stereocenters. The Bertz CT molecular complexity index is 2440. The van der Waals surface area contributed by atoms with Crippen molar-refractivity contribution in [3.63, 3.8) is 0 Å². The minimum Gasteiger partial charge on any atom is -0.456 e. The van der Waals surface area contributed by atoms with Gasteiger partial charge in [0.05, 0.1) is 0 Å². The third-order valence-corrected chi connectivity index (χ3v) is 8.14. The van der Waals surface area contributed by atoms with Gasteiger partial charge in [-0.15, -0.1) is 0 Å². The molecular formula is C39H23N3O2. The van der Waals surface area contributed by atoms with Gasteiger partial charge in [-0.3, -0.25) is 0 Å². The first-order valence-corrected chi connectivity index (χ1v) is 14.5. The molecule has 6 aromatic carbocycles. The lowest BCUT2D eigenvalue weighted by Crippen LogP contribution is -2.00.